The van der Waals surface area contributed by atoms with Crippen LogP contribution in [0.1, 0.15) is 0 Å². The van der Waals surface area contributed by atoms with Crippen molar-refractivity contribution in [2.45, 2.75) is 0 Å². The Hall–Kier alpha value is -2.63. The van der Waals surface area contributed by atoms with Gasteiger partial charge in [0.05, 0.1) is 22.0 Å². The number of benzene rings is 2. The number of para-hydroxylation sites is 1. The van der Waals surface area contributed by atoms with E-state index in [0.29, 0.717) is 11.4 Å². The van der Waals surface area contributed by atoms with E-state index in [0.717, 1.165) is 0 Å². The minimum atomic E-state index is -0.525. The zero-order chi connectivity index (χ0) is 14.0. The molecule has 0 atom stereocenters. The lowest BCUT2D eigenvalue weighted by Gasteiger charge is -2.21. The lowest BCUT2D eigenvalue weighted by atomic mass is 10.2. The number of hydrogen-bond donors (Lipinski definition) is 1. The summed E-state index contributed by atoms with van der Waals surface area (Å²) in [4.78, 5) is 11.7. The maximum Gasteiger partial charge on any atom is 0.271 e. The second-order valence-corrected chi connectivity index (χ2v) is 4.01. The van der Waals surface area contributed by atoms with Gasteiger partial charge in [-0.25, -0.2) is 4.39 Å². The molecule has 5 nitrogen and oxygen atoms in total. The van der Waals surface area contributed by atoms with Crippen molar-refractivity contribution in [3.8, 4) is 0 Å². The molecule has 6 heteroatoms. The fourth-order valence-electron chi connectivity index (χ4n) is 1.81. The van der Waals surface area contributed by atoms with E-state index in [-0.39, 0.29) is 17.2 Å². The molecule has 0 fully saturated rings. The number of rotatable bonds is 3. The molecular weight excluding hydrogens is 249 g/mol. The van der Waals surface area contributed by atoms with Gasteiger partial charge in [0.15, 0.2) is 0 Å². The van der Waals surface area contributed by atoms with Crippen molar-refractivity contribution in [3.05, 3.63) is 58.4 Å². The smallest absolute Gasteiger partial charge is 0.271 e. The summed E-state index contributed by atoms with van der Waals surface area (Å²) in [5.74, 6) is -0.386. The Kier molecular flexibility index (Phi) is 3.33. The van der Waals surface area contributed by atoms with Crippen LogP contribution in [-0.4, -0.2) is 12.0 Å². The molecule has 0 saturated heterocycles. The van der Waals surface area contributed by atoms with E-state index < -0.39 is 4.92 Å². The van der Waals surface area contributed by atoms with Crippen molar-refractivity contribution in [1.82, 2.24) is 0 Å². The van der Waals surface area contributed by atoms with Gasteiger partial charge in [-0.05, 0) is 18.2 Å². The number of nitrogens with zero attached hydrogens (tertiary/aromatic N) is 2. The predicted molar refractivity (Wildman–Crippen MR) is 72.0 cm³/mol. The number of non-ortho nitro benzene ring substituents is 1. The lowest BCUT2D eigenvalue weighted by molar-refractivity contribution is -0.384. The Morgan fingerprint density at radius 2 is 1.89 bits per heavy atom. The molecule has 2 aromatic carbocycles. The molecule has 0 bridgehead atoms. The number of nitro groups is 1. The topological polar surface area (TPSA) is 72.4 Å². The van der Waals surface area contributed by atoms with E-state index in [9.17, 15) is 14.5 Å². The van der Waals surface area contributed by atoms with Crippen molar-refractivity contribution >= 4 is 22.7 Å². The molecule has 0 spiro atoms. The quantitative estimate of drug-likeness (QED) is 0.523. The van der Waals surface area contributed by atoms with Gasteiger partial charge in [-0.15, -0.1) is 0 Å². The summed E-state index contributed by atoms with van der Waals surface area (Å²) in [5.41, 5.74) is 6.77. The van der Waals surface area contributed by atoms with Gasteiger partial charge in [-0.3, -0.25) is 10.1 Å². The molecule has 0 unspecified atom stereocenters. The molecule has 0 saturated carbocycles. The van der Waals surface area contributed by atoms with E-state index in [2.05, 4.69) is 0 Å². The Bertz CT molecular complexity index is 631. The Morgan fingerprint density at radius 1 is 1.21 bits per heavy atom. The predicted octanol–water partition coefficient (Wildman–Crippen LogP) is 3.08. The molecule has 0 aliphatic carbocycles. The van der Waals surface area contributed by atoms with E-state index in [1.54, 1.807) is 30.1 Å². The Morgan fingerprint density at radius 3 is 2.47 bits per heavy atom. The molecule has 0 heterocycles. The van der Waals surface area contributed by atoms with Crippen LogP contribution in [0.5, 0.6) is 0 Å². The number of nitro benzene ring substituents is 1. The zero-order valence-electron chi connectivity index (χ0n) is 10.2. The van der Waals surface area contributed by atoms with Crippen LogP contribution in [0.2, 0.25) is 0 Å². The molecule has 98 valence electrons. The number of nitrogen functional groups attached to an aromatic ring is 1. The summed E-state index contributed by atoms with van der Waals surface area (Å²) in [5, 5.41) is 10.6. The standard InChI is InChI=1S/C13H12FN3O2/c1-16(12-5-3-2-4-10(12)14)13-7-6-9(17(18)19)8-11(13)15/h2-8H,15H2,1H3. The number of anilines is 3. The maximum absolute atomic E-state index is 13.7. The molecule has 2 rings (SSSR count). The van der Waals surface area contributed by atoms with Crippen molar-refractivity contribution in [2.24, 2.45) is 0 Å². The average molecular weight is 261 g/mol. The first-order valence-corrected chi connectivity index (χ1v) is 5.53. The fourth-order valence-corrected chi connectivity index (χ4v) is 1.81. The highest BCUT2D eigenvalue weighted by Gasteiger charge is 2.14. The van der Waals surface area contributed by atoms with Crippen LogP contribution in [0.25, 0.3) is 0 Å². The third kappa shape index (κ3) is 2.47. The van der Waals surface area contributed by atoms with Crippen LogP contribution >= 0.6 is 0 Å². The number of nitrogens with two attached hydrogens (primary N) is 1. The highest BCUT2D eigenvalue weighted by atomic mass is 19.1. The van der Waals surface area contributed by atoms with Gasteiger partial charge in [0.2, 0.25) is 0 Å². The van der Waals surface area contributed by atoms with Gasteiger partial charge in [0, 0.05) is 19.2 Å². The molecule has 0 radical (unpaired) electrons. The van der Waals surface area contributed by atoms with Crippen LogP contribution in [0.3, 0.4) is 0 Å². The monoisotopic (exact) mass is 261 g/mol. The molecular formula is C13H12FN3O2. The summed E-state index contributed by atoms with van der Waals surface area (Å²) in [6.07, 6.45) is 0. The van der Waals surface area contributed by atoms with Crippen molar-refractivity contribution in [2.75, 3.05) is 17.7 Å². The second-order valence-electron chi connectivity index (χ2n) is 4.01. The summed E-state index contributed by atoms with van der Waals surface area (Å²) in [6, 6.07) is 10.3. The van der Waals surface area contributed by atoms with Crippen LogP contribution < -0.4 is 10.6 Å². The molecule has 0 aliphatic heterocycles. The summed E-state index contributed by atoms with van der Waals surface area (Å²) < 4.78 is 13.7. The van der Waals surface area contributed by atoms with Crippen LogP contribution in [0.4, 0.5) is 27.1 Å². The minimum Gasteiger partial charge on any atom is -0.397 e. The third-order valence-corrected chi connectivity index (χ3v) is 2.80. The first-order chi connectivity index (χ1) is 9.00. The van der Waals surface area contributed by atoms with E-state index in [1.165, 1.54) is 24.3 Å². The third-order valence-electron chi connectivity index (χ3n) is 2.80. The number of halogens is 1. The normalized spacial score (nSPS) is 10.2. The summed E-state index contributed by atoms with van der Waals surface area (Å²) in [6.45, 7) is 0. The van der Waals surface area contributed by atoms with Crippen molar-refractivity contribution in [1.29, 1.82) is 0 Å². The molecule has 0 aromatic heterocycles. The highest BCUT2D eigenvalue weighted by molar-refractivity contribution is 5.76. The first kappa shape index (κ1) is 12.8. The summed E-state index contributed by atoms with van der Waals surface area (Å²) >= 11 is 0. The van der Waals surface area contributed by atoms with Gasteiger partial charge >= 0.3 is 0 Å². The molecule has 0 aliphatic rings. The number of hydrogen-bond acceptors (Lipinski definition) is 4. The largest absolute Gasteiger partial charge is 0.397 e. The van der Waals surface area contributed by atoms with Crippen molar-refractivity contribution < 1.29 is 9.31 Å². The van der Waals surface area contributed by atoms with Gasteiger partial charge < -0.3 is 10.6 Å². The van der Waals surface area contributed by atoms with Gasteiger partial charge in [-0.1, -0.05) is 12.1 Å². The average Bonchev–Trinajstić information content (AvgIpc) is 2.38. The molecule has 2 N–H and O–H groups in total. The lowest BCUT2D eigenvalue weighted by Crippen LogP contribution is -2.13. The van der Waals surface area contributed by atoms with E-state index in [4.69, 9.17) is 5.73 Å². The van der Waals surface area contributed by atoms with Crippen LogP contribution in [0.15, 0.2) is 42.5 Å². The maximum atomic E-state index is 13.7. The molecule has 19 heavy (non-hydrogen) atoms. The van der Waals surface area contributed by atoms with E-state index in [1.807, 2.05) is 0 Å². The molecule has 2 aromatic rings. The minimum absolute atomic E-state index is 0.0943. The van der Waals surface area contributed by atoms with Gasteiger partial charge in [-0.2, -0.15) is 0 Å². The van der Waals surface area contributed by atoms with Crippen LogP contribution in [-0.2, 0) is 0 Å². The fraction of sp³-hybridized carbons (Fsp3) is 0.0769. The SMILES string of the molecule is CN(c1ccc([N+](=O)[O-])cc1N)c1ccccc1F. The Labute approximate surface area is 109 Å². The summed E-state index contributed by atoms with van der Waals surface area (Å²) in [7, 11) is 1.65. The highest BCUT2D eigenvalue weighted by Crippen LogP contribution is 2.32. The first-order valence-electron chi connectivity index (χ1n) is 5.53. The molecule has 0 amide bonds. The zero-order valence-corrected chi connectivity index (χ0v) is 10.2. The van der Waals surface area contributed by atoms with Crippen LogP contribution in [0, 0.1) is 15.9 Å². The Balaban J connectivity index is 2.42. The van der Waals surface area contributed by atoms with Gasteiger partial charge in [0.25, 0.3) is 5.69 Å². The van der Waals surface area contributed by atoms with Crippen molar-refractivity contribution in [3.63, 3.8) is 0 Å². The van der Waals surface area contributed by atoms with E-state index >= 15 is 0 Å². The second kappa shape index (κ2) is 4.93. The van der Waals surface area contributed by atoms with Gasteiger partial charge in [0.1, 0.15) is 5.82 Å².